The second-order valence-corrected chi connectivity index (χ2v) is 12.4. The van der Waals surface area contributed by atoms with E-state index < -0.39 is 38.3 Å². The molecule has 202 valence electrons. The van der Waals surface area contributed by atoms with Crippen LogP contribution < -0.4 is 4.90 Å². The Morgan fingerprint density at radius 1 is 1.07 bits per heavy atom. The summed E-state index contributed by atoms with van der Waals surface area (Å²) in [6, 6.07) is 16.3. The highest BCUT2D eigenvalue weighted by atomic mass is 35.5. The van der Waals surface area contributed by atoms with Crippen molar-refractivity contribution in [2.45, 2.75) is 22.1 Å². The zero-order valence-corrected chi connectivity index (χ0v) is 22.9. The third-order valence-corrected chi connectivity index (χ3v) is 9.70. The number of Topliss-reactive ketones (excluding diaryl/α,β-unsaturated/α-hetero) is 1. The molecule has 0 radical (unpaired) electrons. The van der Waals surface area contributed by atoms with Crippen LogP contribution in [-0.4, -0.2) is 35.1 Å². The Morgan fingerprint density at radius 2 is 1.75 bits per heavy atom. The van der Waals surface area contributed by atoms with E-state index in [0.29, 0.717) is 27.5 Å². The van der Waals surface area contributed by atoms with Crippen LogP contribution in [0.15, 0.2) is 93.7 Å². The van der Waals surface area contributed by atoms with Gasteiger partial charge in [-0.25, -0.2) is 13.4 Å². The van der Waals surface area contributed by atoms with Crippen molar-refractivity contribution in [3.63, 3.8) is 0 Å². The van der Waals surface area contributed by atoms with Crippen LogP contribution >= 0.6 is 22.9 Å². The lowest BCUT2D eigenvalue weighted by molar-refractivity contribution is -0.384. The molecule has 2 heterocycles. The molecule has 13 heteroatoms. The summed E-state index contributed by atoms with van der Waals surface area (Å²) in [6.45, 7) is 1.86. The number of non-ortho nitro benzene ring substituents is 1. The van der Waals surface area contributed by atoms with Gasteiger partial charge in [-0.3, -0.25) is 24.6 Å². The van der Waals surface area contributed by atoms with Crippen molar-refractivity contribution < 1.29 is 28.0 Å². The summed E-state index contributed by atoms with van der Waals surface area (Å²) in [5.74, 6) is -2.38. The standard InChI is InChI=1S/C27H18ClN3O7S2/c1-15-5-7-16(8-6-15)24(32)22-23(17-3-2-4-18(28)13-17)30(26(34)25(22)33)27-29-14-21(39-27)40(37,38)20-11-9-19(10-12-20)31(35)36/h2-14,23,32H,1H3/b24-22-. The van der Waals surface area contributed by atoms with Crippen molar-refractivity contribution in [1.29, 1.82) is 0 Å². The van der Waals surface area contributed by atoms with Gasteiger partial charge in [-0.05, 0) is 36.8 Å². The summed E-state index contributed by atoms with van der Waals surface area (Å²) in [7, 11) is -4.16. The molecule has 3 aromatic carbocycles. The molecule has 1 saturated heterocycles. The number of nitro benzene ring substituents is 1. The monoisotopic (exact) mass is 595 g/mol. The first-order chi connectivity index (χ1) is 19.0. The molecule has 0 aliphatic carbocycles. The van der Waals surface area contributed by atoms with Crippen LogP contribution in [0.25, 0.3) is 5.76 Å². The lowest BCUT2D eigenvalue weighted by Crippen LogP contribution is -2.29. The van der Waals surface area contributed by atoms with Crippen LogP contribution in [0.3, 0.4) is 0 Å². The highest BCUT2D eigenvalue weighted by Crippen LogP contribution is 2.44. The maximum absolute atomic E-state index is 13.4. The lowest BCUT2D eigenvalue weighted by Gasteiger charge is -2.23. The van der Waals surface area contributed by atoms with E-state index in [9.17, 15) is 33.2 Å². The number of sulfone groups is 1. The molecular weight excluding hydrogens is 578 g/mol. The Hall–Kier alpha value is -4.39. The van der Waals surface area contributed by atoms with Gasteiger partial charge in [0.15, 0.2) is 5.13 Å². The average Bonchev–Trinajstić information content (AvgIpc) is 3.52. The number of aliphatic hydroxyl groups excluding tert-OH is 1. The molecule has 1 fully saturated rings. The molecule has 0 saturated carbocycles. The number of thiazole rings is 1. The fourth-order valence-corrected chi connectivity index (χ4v) is 6.98. The number of aromatic nitrogens is 1. The quantitative estimate of drug-likeness (QED) is 0.101. The minimum absolute atomic E-state index is 0.101. The van der Waals surface area contributed by atoms with Crippen molar-refractivity contribution in [3.05, 3.63) is 116 Å². The molecule has 10 nitrogen and oxygen atoms in total. The molecule has 1 aromatic heterocycles. The Bertz CT molecular complexity index is 1820. The predicted octanol–water partition coefficient (Wildman–Crippen LogP) is 5.47. The summed E-state index contributed by atoms with van der Waals surface area (Å²) in [5.41, 5.74) is 1.16. The first kappa shape index (κ1) is 27.2. The van der Waals surface area contributed by atoms with Crippen molar-refractivity contribution in [3.8, 4) is 0 Å². The molecule has 1 aliphatic heterocycles. The van der Waals surface area contributed by atoms with E-state index in [1.807, 2.05) is 6.92 Å². The molecule has 0 bridgehead atoms. The molecule has 1 unspecified atom stereocenters. The predicted molar refractivity (Wildman–Crippen MR) is 148 cm³/mol. The van der Waals surface area contributed by atoms with Crippen LogP contribution in [0.1, 0.15) is 22.7 Å². The minimum Gasteiger partial charge on any atom is -0.507 e. The largest absolute Gasteiger partial charge is 0.507 e. The van der Waals surface area contributed by atoms with Crippen LogP contribution in [0.2, 0.25) is 5.02 Å². The zero-order valence-electron chi connectivity index (χ0n) is 20.5. The van der Waals surface area contributed by atoms with Crippen molar-refractivity contribution in [1.82, 2.24) is 4.98 Å². The van der Waals surface area contributed by atoms with Gasteiger partial charge >= 0.3 is 5.91 Å². The van der Waals surface area contributed by atoms with Crippen LogP contribution in [-0.2, 0) is 19.4 Å². The molecule has 1 amide bonds. The van der Waals surface area contributed by atoms with E-state index >= 15 is 0 Å². The number of ketones is 1. The average molecular weight is 596 g/mol. The molecule has 0 spiro atoms. The number of nitro groups is 1. The number of aryl methyl sites for hydroxylation is 1. The number of rotatable bonds is 6. The summed E-state index contributed by atoms with van der Waals surface area (Å²) < 4.78 is 26.2. The lowest BCUT2D eigenvalue weighted by atomic mass is 9.95. The maximum Gasteiger partial charge on any atom is 0.301 e. The normalized spacial score (nSPS) is 16.9. The van der Waals surface area contributed by atoms with Crippen LogP contribution in [0.4, 0.5) is 10.8 Å². The van der Waals surface area contributed by atoms with Gasteiger partial charge in [0.05, 0.1) is 27.6 Å². The first-order valence-electron chi connectivity index (χ1n) is 11.6. The van der Waals surface area contributed by atoms with Crippen LogP contribution in [0, 0.1) is 17.0 Å². The number of hydrogen-bond acceptors (Lipinski definition) is 9. The topological polar surface area (TPSA) is 148 Å². The summed E-state index contributed by atoms with van der Waals surface area (Å²) in [5, 5.41) is 22.4. The van der Waals surface area contributed by atoms with Gasteiger partial charge < -0.3 is 5.11 Å². The minimum atomic E-state index is -4.16. The van der Waals surface area contributed by atoms with Gasteiger partial charge in [0.2, 0.25) is 9.84 Å². The smallest absolute Gasteiger partial charge is 0.301 e. The number of carbonyl (C=O) groups excluding carboxylic acids is 2. The summed E-state index contributed by atoms with van der Waals surface area (Å²) in [4.78, 5) is 41.9. The molecule has 5 rings (SSSR count). The van der Waals surface area contributed by atoms with Gasteiger partial charge in [-0.1, -0.05) is 64.9 Å². The number of halogens is 1. The van der Waals surface area contributed by atoms with Gasteiger partial charge in [0.1, 0.15) is 9.97 Å². The number of nitrogens with zero attached hydrogens (tertiary/aromatic N) is 3. The van der Waals surface area contributed by atoms with Gasteiger partial charge in [0.25, 0.3) is 11.5 Å². The van der Waals surface area contributed by atoms with E-state index in [0.717, 1.165) is 40.9 Å². The van der Waals surface area contributed by atoms with Crippen molar-refractivity contribution in [2.75, 3.05) is 4.90 Å². The molecular formula is C27H18ClN3O7S2. The van der Waals surface area contributed by atoms with Crippen molar-refractivity contribution >= 4 is 61.0 Å². The molecule has 4 aromatic rings. The number of benzene rings is 3. The Labute approximate surface area is 236 Å². The zero-order chi connectivity index (χ0) is 28.8. The fraction of sp³-hybridized carbons (Fsp3) is 0.0741. The third kappa shape index (κ3) is 4.76. The number of hydrogen-bond donors (Lipinski definition) is 1. The van der Waals surface area contributed by atoms with E-state index in [4.69, 9.17) is 11.6 Å². The highest BCUT2D eigenvalue weighted by Gasteiger charge is 2.48. The first-order valence-corrected chi connectivity index (χ1v) is 14.3. The van der Waals surface area contributed by atoms with Crippen molar-refractivity contribution in [2.24, 2.45) is 0 Å². The van der Waals surface area contributed by atoms with E-state index in [2.05, 4.69) is 4.98 Å². The van der Waals surface area contributed by atoms with E-state index in [1.54, 1.807) is 42.5 Å². The number of carbonyl (C=O) groups is 2. The SMILES string of the molecule is Cc1ccc(/C(O)=C2/C(=O)C(=O)N(c3ncc(S(=O)(=O)c4ccc([N+](=O)[O-])cc4)s3)C2c2cccc(Cl)c2)cc1. The van der Waals surface area contributed by atoms with Gasteiger partial charge in [-0.2, -0.15) is 0 Å². The second-order valence-electron chi connectivity index (χ2n) is 8.81. The number of anilines is 1. The Kier molecular flexibility index (Phi) is 7.00. The fourth-order valence-electron chi connectivity index (χ4n) is 4.24. The van der Waals surface area contributed by atoms with Crippen LogP contribution in [0.5, 0.6) is 0 Å². The van der Waals surface area contributed by atoms with E-state index in [-0.39, 0.29) is 25.5 Å². The number of amides is 1. The molecule has 1 atom stereocenters. The highest BCUT2D eigenvalue weighted by molar-refractivity contribution is 7.93. The van der Waals surface area contributed by atoms with Gasteiger partial charge in [0, 0.05) is 22.7 Å². The molecule has 40 heavy (non-hydrogen) atoms. The summed E-state index contributed by atoms with van der Waals surface area (Å²) in [6.07, 6.45) is 1.05. The maximum atomic E-state index is 13.4. The van der Waals surface area contributed by atoms with Gasteiger partial charge in [-0.15, -0.1) is 0 Å². The second kappa shape index (κ2) is 10.3. The Balaban J connectivity index is 1.62. The molecule has 1 N–H and O–H groups in total. The third-order valence-electron chi connectivity index (χ3n) is 6.23. The van der Waals surface area contributed by atoms with E-state index in [1.165, 1.54) is 6.07 Å². The molecule has 1 aliphatic rings. The Morgan fingerprint density at radius 3 is 2.38 bits per heavy atom. The number of aliphatic hydroxyl groups is 1. The summed E-state index contributed by atoms with van der Waals surface area (Å²) >= 11 is 6.86.